The third-order valence-electron chi connectivity index (χ3n) is 3.89. The predicted molar refractivity (Wildman–Crippen MR) is 89.1 cm³/mol. The monoisotopic (exact) mass is 343 g/mol. The summed E-state index contributed by atoms with van der Waals surface area (Å²) in [4.78, 5) is 14.1. The lowest BCUT2D eigenvalue weighted by molar-refractivity contribution is -0.113. The van der Waals surface area contributed by atoms with E-state index >= 15 is 0 Å². The highest BCUT2D eigenvalue weighted by molar-refractivity contribution is 6.43. The number of halogens is 3. The zero-order valence-corrected chi connectivity index (χ0v) is 14.6. The molecule has 0 spiro atoms. The van der Waals surface area contributed by atoms with Gasteiger partial charge in [-0.3, -0.25) is 4.79 Å². The van der Waals surface area contributed by atoms with E-state index in [2.05, 4.69) is 0 Å². The van der Waals surface area contributed by atoms with Gasteiger partial charge >= 0.3 is 0 Å². The standard InChI is InChI=1S/C16H16Cl3NO/c1-8-5-12(16(10(3)21)9(2)20(8)4)11-6-14(18)15(19)7-13(11)17/h5-7,12H,1-4H3. The van der Waals surface area contributed by atoms with Gasteiger partial charge in [-0.2, -0.15) is 0 Å². The topological polar surface area (TPSA) is 20.3 Å². The van der Waals surface area contributed by atoms with Crippen LogP contribution in [0.15, 0.2) is 35.2 Å². The molecule has 1 aromatic rings. The normalized spacial score (nSPS) is 18.9. The first-order chi connectivity index (χ1) is 9.73. The number of hydrogen-bond donors (Lipinski definition) is 0. The Hall–Kier alpha value is -0.960. The van der Waals surface area contributed by atoms with Crippen LogP contribution in [0.3, 0.4) is 0 Å². The van der Waals surface area contributed by atoms with E-state index in [0.717, 1.165) is 22.5 Å². The van der Waals surface area contributed by atoms with Crippen molar-refractivity contribution in [3.63, 3.8) is 0 Å². The van der Waals surface area contributed by atoms with Crippen LogP contribution >= 0.6 is 34.8 Å². The number of benzene rings is 1. The minimum Gasteiger partial charge on any atom is -0.352 e. The molecule has 1 unspecified atom stereocenters. The summed E-state index contributed by atoms with van der Waals surface area (Å²) in [5, 5.41) is 1.35. The van der Waals surface area contributed by atoms with Crippen molar-refractivity contribution in [2.45, 2.75) is 26.7 Å². The SMILES string of the molecule is CC(=O)C1=C(C)N(C)C(C)=CC1c1cc(Cl)c(Cl)cc1Cl. The van der Waals surface area contributed by atoms with E-state index in [-0.39, 0.29) is 11.7 Å². The number of hydrogen-bond acceptors (Lipinski definition) is 2. The zero-order valence-electron chi connectivity index (χ0n) is 12.3. The van der Waals surface area contributed by atoms with Gasteiger partial charge in [0.2, 0.25) is 0 Å². The van der Waals surface area contributed by atoms with Crippen molar-refractivity contribution in [2.75, 3.05) is 7.05 Å². The molecular weight excluding hydrogens is 329 g/mol. The third-order valence-corrected chi connectivity index (χ3v) is 4.94. The molecule has 0 aromatic heterocycles. The van der Waals surface area contributed by atoms with E-state index in [4.69, 9.17) is 34.8 Å². The molecule has 0 aliphatic carbocycles. The summed E-state index contributed by atoms with van der Waals surface area (Å²) in [5.41, 5.74) is 3.51. The van der Waals surface area contributed by atoms with E-state index in [0.29, 0.717) is 15.1 Å². The van der Waals surface area contributed by atoms with Crippen molar-refractivity contribution in [3.8, 4) is 0 Å². The van der Waals surface area contributed by atoms with Crippen LogP contribution in [0.1, 0.15) is 32.3 Å². The first-order valence-electron chi connectivity index (χ1n) is 6.52. The summed E-state index contributed by atoms with van der Waals surface area (Å²) in [6.45, 7) is 5.50. The van der Waals surface area contributed by atoms with E-state index < -0.39 is 0 Å². The van der Waals surface area contributed by atoms with Crippen molar-refractivity contribution >= 4 is 40.6 Å². The summed E-state index contributed by atoms with van der Waals surface area (Å²) in [6, 6.07) is 3.36. The van der Waals surface area contributed by atoms with Crippen LogP contribution in [0.2, 0.25) is 15.1 Å². The second kappa shape index (κ2) is 6.04. The van der Waals surface area contributed by atoms with Crippen molar-refractivity contribution in [2.24, 2.45) is 0 Å². The van der Waals surface area contributed by atoms with Gasteiger partial charge in [-0.1, -0.05) is 40.9 Å². The molecule has 1 aromatic carbocycles. The van der Waals surface area contributed by atoms with Gasteiger partial charge in [0.15, 0.2) is 5.78 Å². The van der Waals surface area contributed by atoms with Crippen LogP contribution in [0.4, 0.5) is 0 Å². The number of rotatable bonds is 2. The Balaban J connectivity index is 2.66. The van der Waals surface area contributed by atoms with Crippen LogP contribution < -0.4 is 0 Å². The number of carbonyl (C=O) groups excluding carboxylic acids is 1. The van der Waals surface area contributed by atoms with Gasteiger partial charge in [0.1, 0.15) is 0 Å². The van der Waals surface area contributed by atoms with Crippen molar-refractivity contribution in [1.82, 2.24) is 4.90 Å². The Bertz CT molecular complexity index is 676. The third kappa shape index (κ3) is 2.98. The Kier molecular flexibility index (Phi) is 4.72. The maximum Gasteiger partial charge on any atom is 0.158 e. The number of nitrogens with zero attached hydrogens (tertiary/aromatic N) is 1. The summed E-state index contributed by atoms with van der Waals surface area (Å²) in [7, 11) is 1.94. The second-order valence-corrected chi connectivity index (χ2v) is 6.41. The summed E-state index contributed by atoms with van der Waals surface area (Å²) in [6.07, 6.45) is 2.02. The summed E-state index contributed by atoms with van der Waals surface area (Å²) < 4.78 is 0. The summed E-state index contributed by atoms with van der Waals surface area (Å²) in [5.74, 6) is -0.184. The molecule has 0 saturated heterocycles. The maximum atomic E-state index is 12.1. The van der Waals surface area contributed by atoms with Gasteiger partial charge in [0.25, 0.3) is 0 Å². The van der Waals surface area contributed by atoms with E-state index in [1.54, 1.807) is 19.1 Å². The van der Waals surface area contributed by atoms with Gasteiger partial charge in [0.05, 0.1) is 10.0 Å². The fourth-order valence-electron chi connectivity index (χ4n) is 2.60. The van der Waals surface area contributed by atoms with E-state index in [1.807, 2.05) is 31.9 Å². The zero-order chi connectivity index (χ0) is 15.9. The van der Waals surface area contributed by atoms with Crippen molar-refractivity contribution in [3.05, 3.63) is 55.8 Å². The highest BCUT2D eigenvalue weighted by Gasteiger charge is 2.28. The number of allylic oxidation sites excluding steroid dienone is 4. The largest absolute Gasteiger partial charge is 0.352 e. The molecule has 0 saturated carbocycles. The molecule has 1 atom stereocenters. The molecule has 0 N–H and O–H groups in total. The average Bonchev–Trinajstić information content (AvgIpc) is 2.39. The quantitative estimate of drug-likeness (QED) is 0.666. The molecular formula is C16H16Cl3NO. The van der Waals surface area contributed by atoms with Gasteiger partial charge < -0.3 is 4.90 Å². The number of Topliss-reactive ketones (excluding diaryl/α,β-unsaturated/α-hetero) is 1. The molecule has 21 heavy (non-hydrogen) atoms. The average molecular weight is 345 g/mol. The van der Waals surface area contributed by atoms with Crippen LogP contribution in [0.5, 0.6) is 0 Å². The lowest BCUT2D eigenvalue weighted by atomic mass is 9.84. The second-order valence-electron chi connectivity index (χ2n) is 5.19. The lowest BCUT2D eigenvalue weighted by Gasteiger charge is -2.32. The lowest BCUT2D eigenvalue weighted by Crippen LogP contribution is -2.25. The highest BCUT2D eigenvalue weighted by atomic mass is 35.5. The van der Waals surface area contributed by atoms with Crippen LogP contribution in [-0.2, 0) is 4.79 Å². The molecule has 2 rings (SSSR count). The Morgan fingerprint density at radius 1 is 1.10 bits per heavy atom. The molecule has 0 bridgehead atoms. The van der Waals surface area contributed by atoms with Gasteiger partial charge in [-0.15, -0.1) is 0 Å². The Labute approximate surface area is 140 Å². The van der Waals surface area contributed by atoms with Crippen molar-refractivity contribution < 1.29 is 4.79 Å². The number of ketones is 1. The van der Waals surface area contributed by atoms with Gasteiger partial charge in [-0.25, -0.2) is 0 Å². The molecule has 5 heteroatoms. The molecule has 1 heterocycles. The molecule has 0 fully saturated rings. The fraction of sp³-hybridized carbons (Fsp3) is 0.312. The molecule has 1 aliphatic rings. The molecule has 112 valence electrons. The van der Waals surface area contributed by atoms with Crippen LogP contribution in [0, 0.1) is 0 Å². The van der Waals surface area contributed by atoms with E-state index in [1.165, 1.54) is 0 Å². The van der Waals surface area contributed by atoms with Gasteiger partial charge in [0, 0.05) is 35.0 Å². The smallest absolute Gasteiger partial charge is 0.158 e. The first-order valence-corrected chi connectivity index (χ1v) is 7.65. The minimum atomic E-state index is -0.207. The molecule has 0 amide bonds. The van der Waals surface area contributed by atoms with Crippen molar-refractivity contribution in [1.29, 1.82) is 0 Å². The molecule has 1 aliphatic heterocycles. The summed E-state index contributed by atoms with van der Waals surface area (Å²) >= 11 is 18.4. The van der Waals surface area contributed by atoms with Crippen LogP contribution in [-0.4, -0.2) is 17.7 Å². The highest BCUT2D eigenvalue weighted by Crippen LogP contribution is 2.41. The van der Waals surface area contributed by atoms with E-state index in [9.17, 15) is 4.79 Å². The molecule has 0 radical (unpaired) electrons. The fourth-order valence-corrected chi connectivity index (χ4v) is 3.27. The molecule has 2 nitrogen and oxygen atoms in total. The Morgan fingerprint density at radius 2 is 1.67 bits per heavy atom. The van der Waals surface area contributed by atoms with Gasteiger partial charge in [-0.05, 0) is 38.5 Å². The predicted octanol–water partition coefficient (Wildman–Crippen LogP) is 5.44. The Morgan fingerprint density at radius 3 is 2.24 bits per heavy atom. The minimum absolute atomic E-state index is 0.0234. The first kappa shape index (κ1) is 16.4. The van der Waals surface area contributed by atoms with Crippen LogP contribution in [0.25, 0.3) is 0 Å². The number of carbonyl (C=O) groups is 1. The maximum absolute atomic E-state index is 12.1.